The molecule has 0 saturated carbocycles. The summed E-state index contributed by atoms with van der Waals surface area (Å²) in [4.78, 5) is 10.7. The lowest BCUT2D eigenvalue weighted by Gasteiger charge is -2.11. The molecule has 4 aromatic heterocycles. The van der Waals surface area contributed by atoms with E-state index in [-0.39, 0.29) is 0 Å². The van der Waals surface area contributed by atoms with Crippen molar-refractivity contribution < 1.29 is 0 Å². The summed E-state index contributed by atoms with van der Waals surface area (Å²) in [5.41, 5.74) is 11.0. The SMILES string of the molecule is c1ccc(-c2ccc(-c3cc(-c4cccc5c4sc4c5ccc5c6ccccc6n(-c6ccccc6)c54)nc(-c4ccc5c(c4)sc4ccccc45)n3)cc2)cc1. The third-order valence-electron chi connectivity index (χ3n) is 11.2. The van der Waals surface area contributed by atoms with Gasteiger partial charge >= 0.3 is 0 Å². The molecular weight excluding hydrogens is 731 g/mol. The van der Waals surface area contributed by atoms with Crippen molar-refractivity contribution in [3.63, 3.8) is 0 Å². The highest BCUT2D eigenvalue weighted by molar-refractivity contribution is 7.27. The van der Waals surface area contributed by atoms with Crippen molar-refractivity contribution in [2.24, 2.45) is 0 Å². The van der Waals surface area contributed by atoms with Crippen molar-refractivity contribution in [2.75, 3.05) is 0 Å². The average molecular weight is 762 g/mol. The van der Waals surface area contributed by atoms with E-state index in [1.807, 2.05) is 22.7 Å². The van der Waals surface area contributed by atoms with Crippen LogP contribution in [0.3, 0.4) is 0 Å². The molecule has 0 aliphatic carbocycles. The number of para-hydroxylation sites is 2. The number of thiophene rings is 2. The number of hydrogen-bond acceptors (Lipinski definition) is 4. The predicted molar refractivity (Wildman–Crippen MR) is 244 cm³/mol. The molecule has 0 aliphatic rings. The van der Waals surface area contributed by atoms with Crippen LogP contribution < -0.4 is 0 Å². The smallest absolute Gasteiger partial charge is 0.160 e. The fourth-order valence-corrected chi connectivity index (χ4v) is 11.0. The standard InChI is InChI=1S/C52H31N3S2/c1-3-12-32(13-4-1)33-22-24-34(25-23-33)44-31-45(54-52(53-44)35-26-27-39-38-17-8-10-21-47(38)56-48(39)30-35)43-19-11-18-41-42-29-28-40-37-16-7-9-20-46(37)55(36-14-5-2-6-15-36)49(40)51(42)57-50(41)43/h1-31H. The van der Waals surface area contributed by atoms with E-state index in [1.54, 1.807) is 0 Å². The molecule has 4 heterocycles. The topological polar surface area (TPSA) is 30.7 Å². The van der Waals surface area contributed by atoms with Crippen LogP contribution in [0.2, 0.25) is 0 Å². The van der Waals surface area contributed by atoms with E-state index >= 15 is 0 Å². The van der Waals surface area contributed by atoms with E-state index in [0.717, 1.165) is 39.6 Å². The van der Waals surface area contributed by atoms with Gasteiger partial charge < -0.3 is 4.57 Å². The van der Waals surface area contributed by atoms with Crippen LogP contribution in [0, 0.1) is 0 Å². The van der Waals surface area contributed by atoms with E-state index in [9.17, 15) is 0 Å². The van der Waals surface area contributed by atoms with Crippen LogP contribution in [0.15, 0.2) is 188 Å². The number of aromatic nitrogens is 3. The third kappa shape index (κ3) is 5.17. The molecule has 0 radical (unpaired) electrons. The second-order valence-corrected chi connectivity index (χ2v) is 16.6. The molecule has 0 spiro atoms. The molecule has 0 saturated heterocycles. The summed E-state index contributed by atoms with van der Waals surface area (Å²) in [6, 6.07) is 67.6. The van der Waals surface area contributed by atoms with Crippen molar-refractivity contribution in [3.8, 4) is 50.7 Å². The fourth-order valence-electron chi connectivity index (χ4n) is 8.54. The maximum Gasteiger partial charge on any atom is 0.160 e. The summed E-state index contributed by atoms with van der Waals surface area (Å²) in [5.74, 6) is 0.721. The van der Waals surface area contributed by atoms with Crippen LogP contribution in [0.25, 0.3) is 113 Å². The van der Waals surface area contributed by atoms with Gasteiger partial charge in [0.05, 0.1) is 27.1 Å². The Morgan fingerprint density at radius 3 is 1.84 bits per heavy atom. The molecule has 0 bridgehead atoms. The van der Waals surface area contributed by atoms with E-state index in [0.29, 0.717) is 0 Å². The number of nitrogens with zero attached hydrogens (tertiary/aromatic N) is 3. The Morgan fingerprint density at radius 1 is 0.368 bits per heavy atom. The first-order chi connectivity index (χ1) is 28.2. The first-order valence-corrected chi connectivity index (χ1v) is 20.8. The molecule has 57 heavy (non-hydrogen) atoms. The second-order valence-electron chi connectivity index (χ2n) is 14.5. The highest BCUT2D eigenvalue weighted by Crippen LogP contribution is 2.46. The summed E-state index contributed by atoms with van der Waals surface area (Å²) >= 11 is 3.69. The van der Waals surface area contributed by atoms with Crippen molar-refractivity contribution in [1.82, 2.24) is 14.5 Å². The van der Waals surface area contributed by atoms with Crippen LogP contribution in [0.5, 0.6) is 0 Å². The number of hydrogen-bond donors (Lipinski definition) is 0. The highest BCUT2D eigenvalue weighted by Gasteiger charge is 2.20. The number of rotatable bonds is 5. The highest BCUT2D eigenvalue weighted by atomic mass is 32.1. The second kappa shape index (κ2) is 12.8. The Balaban J connectivity index is 1.09. The van der Waals surface area contributed by atoms with E-state index in [4.69, 9.17) is 9.97 Å². The van der Waals surface area contributed by atoms with E-state index in [2.05, 4.69) is 193 Å². The van der Waals surface area contributed by atoms with Crippen LogP contribution in [0.4, 0.5) is 0 Å². The predicted octanol–water partition coefficient (Wildman–Crippen LogP) is 15.0. The fraction of sp³-hybridized carbons (Fsp3) is 0. The molecule has 0 fully saturated rings. The van der Waals surface area contributed by atoms with Crippen LogP contribution in [-0.4, -0.2) is 14.5 Å². The van der Waals surface area contributed by atoms with E-state index in [1.165, 1.54) is 73.3 Å². The van der Waals surface area contributed by atoms with Gasteiger partial charge in [-0.1, -0.05) is 152 Å². The minimum absolute atomic E-state index is 0.721. The Bertz CT molecular complexity index is 3500. The summed E-state index contributed by atoms with van der Waals surface area (Å²) in [7, 11) is 0. The molecule has 8 aromatic carbocycles. The summed E-state index contributed by atoms with van der Waals surface area (Å²) < 4.78 is 7.46. The Hall–Kier alpha value is -6.92. The molecule has 5 heteroatoms. The zero-order chi connectivity index (χ0) is 37.5. The molecule has 266 valence electrons. The zero-order valence-electron chi connectivity index (χ0n) is 30.6. The van der Waals surface area contributed by atoms with Crippen LogP contribution in [-0.2, 0) is 0 Å². The normalized spacial score (nSPS) is 11.9. The number of fused-ring (bicyclic) bond motifs is 10. The molecular formula is C52H31N3S2. The van der Waals surface area contributed by atoms with Gasteiger partial charge in [0, 0.05) is 68.8 Å². The van der Waals surface area contributed by atoms with E-state index < -0.39 is 0 Å². The molecule has 0 aliphatic heterocycles. The summed E-state index contributed by atoms with van der Waals surface area (Å²) in [5, 5.41) is 7.56. The van der Waals surface area contributed by atoms with Crippen LogP contribution in [0.1, 0.15) is 0 Å². The molecule has 0 unspecified atom stereocenters. The Labute approximate surface area is 336 Å². The quantitative estimate of drug-likeness (QED) is 0.175. The molecule has 0 atom stereocenters. The Kier molecular flexibility index (Phi) is 7.27. The van der Waals surface area contributed by atoms with Crippen LogP contribution >= 0.6 is 22.7 Å². The van der Waals surface area contributed by atoms with Gasteiger partial charge in [0.2, 0.25) is 0 Å². The molecule has 0 amide bonds. The van der Waals surface area contributed by atoms with Crippen molar-refractivity contribution >= 4 is 84.8 Å². The Morgan fingerprint density at radius 2 is 0.982 bits per heavy atom. The van der Waals surface area contributed by atoms with Crippen molar-refractivity contribution in [1.29, 1.82) is 0 Å². The maximum atomic E-state index is 5.40. The first kappa shape index (κ1) is 32.3. The molecule has 12 aromatic rings. The largest absolute Gasteiger partial charge is 0.308 e. The minimum Gasteiger partial charge on any atom is -0.308 e. The third-order valence-corrected chi connectivity index (χ3v) is 13.6. The zero-order valence-corrected chi connectivity index (χ0v) is 32.2. The lowest BCUT2D eigenvalue weighted by Crippen LogP contribution is -1.96. The summed E-state index contributed by atoms with van der Waals surface area (Å²) in [6.45, 7) is 0. The van der Waals surface area contributed by atoms with Gasteiger partial charge in [-0.3, -0.25) is 0 Å². The minimum atomic E-state index is 0.721. The monoisotopic (exact) mass is 761 g/mol. The maximum absolute atomic E-state index is 5.40. The number of benzene rings is 8. The van der Waals surface area contributed by atoms with Crippen molar-refractivity contribution in [3.05, 3.63) is 188 Å². The first-order valence-electron chi connectivity index (χ1n) is 19.1. The molecule has 3 nitrogen and oxygen atoms in total. The lowest BCUT2D eigenvalue weighted by molar-refractivity contribution is 1.19. The van der Waals surface area contributed by atoms with Gasteiger partial charge in [0.1, 0.15) is 0 Å². The van der Waals surface area contributed by atoms with Gasteiger partial charge in [0.25, 0.3) is 0 Å². The van der Waals surface area contributed by atoms with Gasteiger partial charge in [-0.05, 0) is 47.5 Å². The molecule has 0 N–H and O–H groups in total. The summed E-state index contributed by atoms with van der Waals surface area (Å²) in [6.07, 6.45) is 0. The van der Waals surface area contributed by atoms with Crippen molar-refractivity contribution in [2.45, 2.75) is 0 Å². The lowest BCUT2D eigenvalue weighted by atomic mass is 10.0. The van der Waals surface area contributed by atoms with Gasteiger partial charge in [-0.25, -0.2) is 9.97 Å². The van der Waals surface area contributed by atoms with Gasteiger partial charge in [-0.15, -0.1) is 22.7 Å². The van der Waals surface area contributed by atoms with Gasteiger partial charge in [-0.2, -0.15) is 0 Å². The van der Waals surface area contributed by atoms with Gasteiger partial charge in [0.15, 0.2) is 5.82 Å². The average Bonchev–Trinajstić information content (AvgIpc) is 3.96. The molecule has 12 rings (SSSR count).